The van der Waals surface area contributed by atoms with E-state index in [2.05, 4.69) is 19.2 Å². The molecule has 2 aliphatic heterocycles. The minimum Gasteiger partial charge on any atom is -0.356 e. The number of fused-ring (bicyclic) bond motifs is 2. The van der Waals surface area contributed by atoms with Gasteiger partial charge in [0.2, 0.25) is 5.91 Å². The summed E-state index contributed by atoms with van der Waals surface area (Å²) < 4.78 is 0. The molecule has 2 heterocycles. The molecule has 0 radical (unpaired) electrons. The van der Waals surface area contributed by atoms with Crippen LogP contribution in [0.2, 0.25) is 0 Å². The predicted octanol–water partition coefficient (Wildman–Crippen LogP) is 3.10. The van der Waals surface area contributed by atoms with Gasteiger partial charge in [-0.1, -0.05) is 44.5 Å². The number of amides is 4. The zero-order chi connectivity index (χ0) is 20.1. The van der Waals surface area contributed by atoms with Crippen molar-refractivity contribution < 1.29 is 14.4 Å². The minimum atomic E-state index is -0.353. The van der Waals surface area contributed by atoms with Gasteiger partial charge in [0.1, 0.15) is 6.04 Å². The lowest BCUT2D eigenvalue weighted by Crippen LogP contribution is -2.39. The highest BCUT2D eigenvalue weighted by molar-refractivity contribution is 6.04. The van der Waals surface area contributed by atoms with E-state index in [1.165, 1.54) is 4.90 Å². The Kier molecular flexibility index (Phi) is 6.70. The average Bonchev–Trinajstić information content (AvgIpc) is 2.90. The summed E-state index contributed by atoms with van der Waals surface area (Å²) >= 11 is 0. The van der Waals surface area contributed by atoms with Crippen molar-refractivity contribution in [3.8, 4) is 0 Å². The quantitative estimate of drug-likeness (QED) is 0.525. The molecule has 1 fully saturated rings. The van der Waals surface area contributed by atoms with Crippen molar-refractivity contribution in [2.75, 3.05) is 13.1 Å². The van der Waals surface area contributed by atoms with Crippen molar-refractivity contribution in [2.45, 2.75) is 65.0 Å². The summed E-state index contributed by atoms with van der Waals surface area (Å²) in [6.45, 7) is 5.96. The van der Waals surface area contributed by atoms with Crippen LogP contribution in [-0.4, -0.2) is 46.8 Å². The number of imide groups is 1. The van der Waals surface area contributed by atoms with E-state index in [1.807, 2.05) is 24.3 Å². The highest BCUT2D eigenvalue weighted by atomic mass is 16.2. The molecule has 0 aliphatic carbocycles. The molecule has 1 unspecified atom stereocenters. The molecule has 0 bridgehead atoms. The first kappa shape index (κ1) is 20.4. The van der Waals surface area contributed by atoms with Crippen molar-refractivity contribution in [3.63, 3.8) is 0 Å². The molecular weight excluding hydrogens is 354 g/mol. The van der Waals surface area contributed by atoms with Crippen LogP contribution in [0.25, 0.3) is 0 Å². The van der Waals surface area contributed by atoms with E-state index >= 15 is 0 Å². The smallest absolute Gasteiger partial charge is 0.327 e. The van der Waals surface area contributed by atoms with Gasteiger partial charge in [-0.05, 0) is 36.3 Å². The Labute approximate surface area is 167 Å². The van der Waals surface area contributed by atoms with E-state index < -0.39 is 0 Å². The third-order valence-electron chi connectivity index (χ3n) is 5.61. The molecule has 1 aromatic rings. The van der Waals surface area contributed by atoms with Gasteiger partial charge in [-0.3, -0.25) is 14.5 Å². The van der Waals surface area contributed by atoms with Crippen molar-refractivity contribution in [2.24, 2.45) is 5.92 Å². The van der Waals surface area contributed by atoms with Gasteiger partial charge >= 0.3 is 6.03 Å². The van der Waals surface area contributed by atoms with Gasteiger partial charge in [0.15, 0.2) is 0 Å². The zero-order valence-corrected chi connectivity index (χ0v) is 16.9. The Morgan fingerprint density at radius 3 is 2.64 bits per heavy atom. The van der Waals surface area contributed by atoms with Crippen molar-refractivity contribution >= 4 is 17.8 Å². The normalized spacial score (nSPS) is 18.5. The summed E-state index contributed by atoms with van der Waals surface area (Å²) in [7, 11) is 0. The summed E-state index contributed by atoms with van der Waals surface area (Å²) in [6.07, 6.45) is 4.45. The molecule has 0 spiro atoms. The topological polar surface area (TPSA) is 69.7 Å². The van der Waals surface area contributed by atoms with E-state index in [4.69, 9.17) is 0 Å². The molecule has 6 heteroatoms. The number of rotatable bonds is 9. The zero-order valence-electron chi connectivity index (χ0n) is 16.9. The number of hydrogen-bond acceptors (Lipinski definition) is 3. The molecule has 28 heavy (non-hydrogen) atoms. The molecule has 2 aliphatic rings. The SMILES string of the molecule is CC(C)CCNC(=O)CCCCCN1C(=O)C2Cc3ccccc3CN2C1=O. The van der Waals surface area contributed by atoms with Gasteiger partial charge < -0.3 is 10.2 Å². The number of nitrogens with zero attached hydrogens (tertiary/aromatic N) is 2. The Bertz CT molecular complexity index is 688. The van der Waals surface area contributed by atoms with E-state index in [0.29, 0.717) is 31.8 Å². The van der Waals surface area contributed by atoms with E-state index in [0.717, 1.165) is 43.4 Å². The van der Waals surface area contributed by atoms with Gasteiger partial charge in [0, 0.05) is 32.5 Å². The molecule has 3 rings (SSSR count). The summed E-state index contributed by atoms with van der Waals surface area (Å²) in [5.41, 5.74) is 2.29. The maximum absolute atomic E-state index is 12.7. The monoisotopic (exact) mass is 385 g/mol. The Balaban J connectivity index is 1.40. The van der Waals surface area contributed by atoms with Crippen LogP contribution in [0.15, 0.2) is 24.3 Å². The summed E-state index contributed by atoms with van der Waals surface area (Å²) in [5.74, 6) is 0.595. The second-order valence-corrected chi connectivity index (χ2v) is 8.23. The molecule has 0 saturated carbocycles. The Morgan fingerprint density at radius 1 is 1.14 bits per heavy atom. The Morgan fingerprint density at radius 2 is 1.89 bits per heavy atom. The van der Waals surface area contributed by atoms with Gasteiger partial charge in [-0.15, -0.1) is 0 Å². The van der Waals surface area contributed by atoms with Gasteiger partial charge in [0.05, 0.1) is 0 Å². The lowest BCUT2D eigenvalue weighted by atomic mass is 9.95. The molecule has 0 aromatic heterocycles. The lowest BCUT2D eigenvalue weighted by molar-refractivity contribution is -0.128. The highest BCUT2D eigenvalue weighted by Gasteiger charge is 2.46. The molecule has 1 saturated heterocycles. The van der Waals surface area contributed by atoms with E-state index in [-0.39, 0.29) is 23.9 Å². The maximum atomic E-state index is 12.7. The van der Waals surface area contributed by atoms with E-state index in [9.17, 15) is 14.4 Å². The first-order valence-electron chi connectivity index (χ1n) is 10.4. The minimum absolute atomic E-state index is 0.0778. The van der Waals surface area contributed by atoms with Crippen LogP contribution in [-0.2, 0) is 22.6 Å². The van der Waals surface area contributed by atoms with Gasteiger partial charge in [-0.2, -0.15) is 0 Å². The lowest BCUT2D eigenvalue weighted by Gasteiger charge is -2.28. The summed E-state index contributed by atoms with van der Waals surface area (Å²) in [5, 5.41) is 2.94. The third kappa shape index (κ3) is 4.72. The largest absolute Gasteiger partial charge is 0.356 e. The number of nitrogens with one attached hydrogen (secondary N) is 1. The molecule has 1 aromatic carbocycles. The van der Waals surface area contributed by atoms with Crippen LogP contribution >= 0.6 is 0 Å². The third-order valence-corrected chi connectivity index (χ3v) is 5.61. The molecule has 6 nitrogen and oxygen atoms in total. The number of unbranched alkanes of at least 4 members (excludes halogenated alkanes) is 2. The fourth-order valence-corrected chi connectivity index (χ4v) is 3.90. The Hall–Kier alpha value is -2.37. The van der Waals surface area contributed by atoms with Crippen LogP contribution in [0, 0.1) is 5.92 Å². The fraction of sp³-hybridized carbons (Fsp3) is 0.591. The van der Waals surface area contributed by atoms with Crippen molar-refractivity contribution in [1.29, 1.82) is 0 Å². The molecule has 4 amide bonds. The first-order chi connectivity index (χ1) is 13.5. The average molecular weight is 386 g/mol. The van der Waals surface area contributed by atoms with Crippen LogP contribution in [0.1, 0.15) is 57.1 Å². The number of carbonyl (C=O) groups is 3. The fourth-order valence-electron chi connectivity index (χ4n) is 3.90. The second kappa shape index (κ2) is 9.22. The first-order valence-corrected chi connectivity index (χ1v) is 10.4. The van der Waals surface area contributed by atoms with Crippen molar-refractivity contribution in [3.05, 3.63) is 35.4 Å². The van der Waals surface area contributed by atoms with Crippen LogP contribution in [0.4, 0.5) is 4.79 Å². The van der Waals surface area contributed by atoms with Gasteiger partial charge in [-0.25, -0.2) is 4.79 Å². The van der Waals surface area contributed by atoms with Crippen LogP contribution in [0.3, 0.4) is 0 Å². The van der Waals surface area contributed by atoms with Crippen LogP contribution in [0.5, 0.6) is 0 Å². The number of hydrogen-bond donors (Lipinski definition) is 1. The molecular formula is C22H31N3O3. The maximum Gasteiger partial charge on any atom is 0.327 e. The van der Waals surface area contributed by atoms with Crippen LogP contribution < -0.4 is 5.32 Å². The van der Waals surface area contributed by atoms with Gasteiger partial charge in [0.25, 0.3) is 5.91 Å². The highest BCUT2D eigenvalue weighted by Crippen LogP contribution is 2.30. The van der Waals surface area contributed by atoms with E-state index in [1.54, 1.807) is 4.90 Å². The molecule has 152 valence electrons. The predicted molar refractivity (Wildman–Crippen MR) is 108 cm³/mol. The number of benzene rings is 1. The number of urea groups is 1. The number of carbonyl (C=O) groups excluding carboxylic acids is 3. The second-order valence-electron chi connectivity index (χ2n) is 8.23. The summed E-state index contributed by atoms with van der Waals surface area (Å²) in [4.78, 5) is 40.3. The standard InChI is InChI=1S/C22H31N3O3/c1-16(2)11-12-23-20(26)10-4-3-7-13-24-21(27)19-14-17-8-5-6-9-18(17)15-25(19)22(24)28/h5-6,8-9,16,19H,3-4,7,10-15H2,1-2H3,(H,23,26). The molecule has 1 atom stereocenters. The molecule has 1 N–H and O–H groups in total. The summed E-state index contributed by atoms with van der Waals surface area (Å²) in [6, 6.07) is 7.49. The van der Waals surface area contributed by atoms with Crippen molar-refractivity contribution in [1.82, 2.24) is 15.1 Å².